The molecule has 1 aromatic carbocycles. The summed E-state index contributed by atoms with van der Waals surface area (Å²) in [5.74, 6) is 0.248. The minimum absolute atomic E-state index is 0.248. The van der Waals surface area contributed by atoms with Gasteiger partial charge in [-0.05, 0) is 18.1 Å². The van der Waals surface area contributed by atoms with Gasteiger partial charge in [0.1, 0.15) is 5.78 Å². The van der Waals surface area contributed by atoms with Crippen LogP contribution >= 0.6 is 11.6 Å². The first-order valence-electron chi connectivity index (χ1n) is 5.24. The van der Waals surface area contributed by atoms with Crippen LogP contribution in [0.25, 0.3) is 0 Å². The number of carbonyl (C=O) groups is 1. The second-order valence-corrected chi connectivity index (χ2v) is 4.84. The summed E-state index contributed by atoms with van der Waals surface area (Å²) in [6.45, 7) is 5.99. The van der Waals surface area contributed by atoms with Crippen LogP contribution in [0.1, 0.15) is 32.8 Å². The fourth-order valence-electron chi connectivity index (χ4n) is 1.25. The fraction of sp³-hybridized carbons (Fsp3) is 0.462. The van der Waals surface area contributed by atoms with Gasteiger partial charge in [0.2, 0.25) is 0 Å². The molecular weight excluding hydrogens is 208 g/mol. The fourth-order valence-corrected chi connectivity index (χ4v) is 1.45. The van der Waals surface area contributed by atoms with Crippen LogP contribution in [0.2, 0.25) is 5.02 Å². The van der Waals surface area contributed by atoms with Crippen LogP contribution in [0.4, 0.5) is 0 Å². The van der Waals surface area contributed by atoms with E-state index >= 15 is 0 Å². The molecule has 0 fully saturated rings. The Kier molecular flexibility index (Phi) is 3.92. The minimum Gasteiger partial charge on any atom is -0.299 e. The molecule has 0 aliphatic heterocycles. The Bertz CT molecular complexity index is 355. The molecule has 0 spiro atoms. The average Bonchev–Trinajstić information content (AvgIpc) is 2.21. The van der Waals surface area contributed by atoms with E-state index in [-0.39, 0.29) is 11.2 Å². The number of benzene rings is 1. The van der Waals surface area contributed by atoms with Gasteiger partial charge in [-0.3, -0.25) is 4.79 Å². The molecule has 0 radical (unpaired) electrons. The van der Waals surface area contributed by atoms with Crippen molar-refractivity contribution in [3.63, 3.8) is 0 Å². The number of Topliss-reactive ketones (excluding diaryl/α,β-unsaturated/α-hetero) is 1. The maximum Gasteiger partial charge on any atom is 0.142 e. The van der Waals surface area contributed by atoms with Crippen molar-refractivity contribution in [1.29, 1.82) is 0 Å². The van der Waals surface area contributed by atoms with Gasteiger partial charge in [0.15, 0.2) is 0 Å². The van der Waals surface area contributed by atoms with Crippen molar-refractivity contribution < 1.29 is 4.79 Å². The van der Waals surface area contributed by atoms with Crippen LogP contribution in [0.5, 0.6) is 0 Å². The predicted octanol–water partition coefficient (Wildman–Crippen LogP) is 3.89. The molecule has 15 heavy (non-hydrogen) atoms. The summed E-state index contributed by atoms with van der Waals surface area (Å²) in [7, 11) is 0. The Morgan fingerprint density at radius 1 is 1.33 bits per heavy atom. The lowest BCUT2D eigenvalue weighted by Gasteiger charge is -2.20. The minimum atomic E-state index is -0.251. The van der Waals surface area contributed by atoms with Crippen LogP contribution in [0.15, 0.2) is 24.3 Å². The monoisotopic (exact) mass is 224 g/mol. The molecule has 0 heterocycles. The van der Waals surface area contributed by atoms with E-state index in [4.69, 9.17) is 11.6 Å². The van der Waals surface area contributed by atoms with E-state index < -0.39 is 0 Å². The van der Waals surface area contributed by atoms with Crippen LogP contribution in [-0.4, -0.2) is 5.78 Å². The Morgan fingerprint density at radius 2 is 1.93 bits per heavy atom. The van der Waals surface area contributed by atoms with Gasteiger partial charge < -0.3 is 0 Å². The summed E-state index contributed by atoms with van der Waals surface area (Å²) in [5.41, 5.74) is 0.671. The summed E-state index contributed by atoms with van der Waals surface area (Å²) in [5, 5.41) is 0.678. The summed E-state index contributed by atoms with van der Waals surface area (Å²) >= 11 is 6.01. The van der Waals surface area contributed by atoms with E-state index in [0.29, 0.717) is 11.4 Å². The summed E-state index contributed by atoms with van der Waals surface area (Å²) in [4.78, 5) is 12.0. The van der Waals surface area contributed by atoms with Gasteiger partial charge in [-0.15, -0.1) is 0 Å². The largest absolute Gasteiger partial charge is 0.299 e. The Morgan fingerprint density at radius 3 is 2.47 bits per heavy atom. The second-order valence-electron chi connectivity index (χ2n) is 4.43. The lowest BCUT2D eigenvalue weighted by molar-refractivity contribution is -0.126. The zero-order valence-electron chi connectivity index (χ0n) is 9.51. The zero-order chi connectivity index (χ0) is 11.5. The molecule has 1 aromatic rings. The SMILES string of the molecule is CCC(C)(C)C(=O)Cc1ccccc1Cl. The van der Waals surface area contributed by atoms with Crippen LogP contribution < -0.4 is 0 Å². The molecule has 0 aliphatic carbocycles. The van der Waals surface area contributed by atoms with Gasteiger partial charge in [0, 0.05) is 16.9 Å². The first-order chi connectivity index (χ1) is 6.97. The lowest BCUT2D eigenvalue weighted by atomic mass is 9.82. The first-order valence-corrected chi connectivity index (χ1v) is 5.62. The van der Waals surface area contributed by atoms with E-state index in [0.717, 1.165) is 12.0 Å². The maximum atomic E-state index is 12.0. The molecule has 0 unspecified atom stereocenters. The number of ketones is 1. The maximum absolute atomic E-state index is 12.0. The quantitative estimate of drug-likeness (QED) is 0.759. The van der Waals surface area contributed by atoms with Gasteiger partial charge in [-0.2, -0.15) is 0 Å². The number of carbonyl (C=O) groups excluding carboxylic acids is 1. The third-order valence-corrected chi connectivity index (χ3v) is 3.32. The van der Waals surface area contributed by atoms with Gasteiger partial charge in [-0.25, -0.2) is 0 Å². The summed E-state index contributed by atoms with van der Waals surface area (Å²) < 4.78 is 0. The molecule has 2 heteroatoms. The molecule has 0 amide bonds. The molecular formula is C13H17ClO. The molecule has 0 saturated carbocycles. The topological polar surface area (TPSA) is 17.1 Å². The van der Waals surface area contributed by atoms with Crippen molar-refractivity contribution in [3.05, 3.63) is 34.9 Å². The van der Waals surface area contributed by atoms with E-state index in [1.165, 1.54) is 0 Å². The van der Waals surface area contributed by atoms with Gasteiger partial charge in [-0.1, -0.05) is 50.6 Å². The Balaban J connectivity index is 2.80. The van der Waals surface area contributed by atoms with E-state index in [1.54, 1.807) is 0 Å². The third kappa shape index (κ3) is 3.07. The van der Waals surface area contributed by atoms with E-state index in [1.807, 2.05) is 45.0 Å². The lowest BCUT2D eigenvalue weighted by Crippen LogP contribution is -2.25. The van der Waals surface area contributed by atoms with Gasteiger partial charge in [0.05, 0.1) is 0 Å². The molecule has 0 bridgehead atoms. The van der Waals surface area contributed by atoms with Crippen molar-refractivity contribution in [1.82, 2.24) is 0 Å². The molecule has 82 valence electrons. The van der Waals surface area contributed by atoms with Crippen molar-refractivity contribution in [2.45, 2.75) is 33.6 Å². The molecule has 1 nitrogen and oxygen atoms in total. The highest BCUT2D eigenvalue weighted by Gasteiger charge is 2.25. The standard InChI is InChI=1S/C13H17ClO/c1-4-13(2,3)12(15)9-10-7-5-6-8-11(10)14/h5-8H,4,9H2,1-3H3. The Labute approximate surface area is 96.5 Å². The number of rotatable bonds is 4. The van der Waals surface area contributed by atoms with Gasteiger partial charge in [0.25, 0.3) is 0 Å². The smallest absolute Gasteiger partial charge is 0.142 e. The molecule has 0 aliphatic rings. The predicted molar refractivity (Wildman–Crippen MR) is 64.2 cm³/mol. The molecule has 0 aromatic heterocycles. The number of hydrogen-bond acceptors (Lipinski definition) is 1. The highest BCUT2D eigenvalue weighted by atomic mass is 35.5. The molecule has 1 rings (SSSR count). The normalized spacial score (nSPS) is 11.5. The van der Waals surface area contributed by atoms with Crippen LogP contribution in [0.3, 0.4) is 0 Å². The van der Waals surface area contributed by atoms with Gasteiger partial charge >= 0.3 is 0 Å². The highest BCUT2D eigenvalue weighted by Crippen LogP contribution is 2.25. The molecule has 0 saturated heterocycles. The summed E-state index contributed by atoms with van der Waals surface area (Å²) in [6.07, 6.45) is 1.29. The van der Waals surface area contributed by atoms with Crippen molar-refractivity contribution in [2.24, 2.45) is 5.41 Å². The van der Waals surface area contributed by atoms with Crippen molar-refractivity contribution >= 4 is 17.4 Å². The van der Waals surface area contributed by atoms with Crippen LogP contribution in [0, 0.1) is 5.41 Å². The van der Waals surface area contributed by atoms with Crippen molar-refractivity contribution in [3.8, 4) is 0 Å². The summed E-state index contributed by atoms with van der Waals surface area (Å²) in [6, 6.07) is 7.52. The average molecular weight is 225 g/mol. The molecule has 0 N–H and O–H groups in total. The first kappa shape index (κ1) is 12.3. The Hall–Kier alpha value is -0.820. The third-order valence-electron chi connectivity index (χ3n) is 2.95. The highest BCUT2D eigenvalue weighted by molar-refractivity contribution is 6.31. The second kappa shape index (κ2) is 4.80. The number of halogens is 1. The molecule has 0 atom stereocenters. The number of hydrogen-bond donors (Lipinski definition) is 0. The van der Waals surface area contributed by atoms with E-state index in [2.05, 4.69) is 0 Å². The van der Waals surface area contributed by atoms with Crippen molar-refractivity contribution in [2.75, 3.05) is 0 Å². The van der Waals surface area contributed by atoms with Crippen LogP contribution in [-0.2, 0) is 11.2 Å². The van der Waals surface area contributed by atoms with E-state index in [9.17, 15) is 4.79 Å². The zero-order valence-corrected chi connectivity index (χ0v) is 10.3.